The zero-order chi connectivity index (χ0) is 21.6. The number of nitrogens with zero attached hydrogens (tertiary/aromatic N) is 1. The number of carbonyl (C=O) groups is 2. The van der Waals surface area contributed by atoms with Crippen LogP contribution in [-0.2, 0) is 9.59 Å². The van der Waals surface area contributed by atoms with Crippen LogP contribution in [0.5, 0.6) is 17.2 Å². The Labute approximate surface area is 181 Å². The average molecular weight is 416 g/mol. The Bertz CT molecular complexity index is 1050. The van der Waals surface area contributed by atoms with Crippen molar-refractivity contribution in [3.8, 4) is 17.2 Å². The van der Waals surface area contributed by atoms with Crippen molar-refractivity contribution in [2.45, 2.75) is 13.3 Å². The minimum atomic E-state index is -0.428. The Kier molecular flexibility index (Phi) is 6.17. The smallest absolute Gasteiger partial charge is 0.229 e. The zero-order valence-corrected chi connectivity index (χ0v) is 17.3. The minimum Gasteiger partial charge on any atom is -0.492 e. The standard InChI is InChI=1S/C25H24N2O4/c1-2-30-23-11-7-6-10-22(23)27-17-18(16-24(27)28)25(29)26-19-12-14-21(15-13-19)31-20-8-4-3-5-9-20/h3-15,18H,2,16-17H2,1H3,(H,26,29)/t18-/m0/s1. The van der Waals surface area contributed by atoms with E-state index in [1.54, 1.807) is 29.2 Å². The summed E-state index contributed by atoms with van der Waals surface area (Å²) in [4.78, 5) is 27.0. The van der Waals surface area contributed by atoms with Crippen LogP contribution in [0.15, 0.2) is 78.9 Å². The van der Waals surface area contributed by atoms with Crippen LogP contribution in [0.1, 0.15) is 13.3 Å². The Balaban J connectivity index is 1.39. The van der Waals surface area contributed by atoms with Gasteiger partial charge in [-0.1, -0.05) is 30.3 Å². The predicted molar refractivity (Wildman–Crippen MR) is 120 cm³/mol. The largest absolute Gasteiger partial charge is 0.492 e. The third-order valence-electron chi connectivity index (χ3n) is 5.05. The SMILES string of the molecule is CCOc1ccccc1N1C[C@@H](C(=O)Nc2ccc(Oc3ccccc3)cc2)CC1=O. The maximum atomic E-state index is 12.8. The summed E-state index contributed by atoms with van der Waals surface area (Å²) in [5, 5.41) is 2.90. The first-order valence-corrected chi connectivity index (χ1v) is 10.3. The van der Waals surface area contributed by atoms with Gasteiger partial charge in [0, 0.05) is 18.7 Å². The van der Waals surface area contributed by atoms with Gasteiger partial charge in [0.05, 0.1) is 18.2 Å². The molecule has 0 radical (unpaired) electrons. The molecular weight excluding hydrogens is 392 g/mol. The van der Waals surface area contributed by atoms with E-state index >= 15 is 0 Å². The van der Waals surface area contributed by atoms with Gasteiger partial charge in [0.25, 0.3) is 0 Å². The molecular formula is C25H24N2O4. The van der Waals surface area contributed by atoms with Crippen molar-refractivity contribution in [3.05, 3.63) is 78.9 Å². The van der Waals surface area contributed by atoms with Gasteiger partial charge in [-0.2, -0.15) is 0 Å². The molecule has 2 amide bonds. The van der Waals surface area contributed by atoms with Crippen LogP contribution in [0.4, 0.5) is 11.4 Å². The van der Waals surface area contributed by atoms with Gasteiger partial charge < -0.3 is 19.7 Å². The van der Waals surface area contributed by atoms with Crippen molar-refractivity contribution < 1.29 is 19.1 Å². The van der Waals surface area contributed by atoms with Crippen molar-refractivity contribution in [3.63, 3.8) is 0 Å². The van der Waals surface area contributed by atoms with Gasteiger partial charge in [-0.3, -0.25) is 9.59 Å². The van der Waals surface area contributed by atoms with E-state index in [0.29, 0.717) is 36.0 Å². The molecule has 1 aliphatic heterocycles. The first-order valence-electron chi connectivity index (χ1n) is 10.3. The first kappa shape index (κ1) is 20.5. The van der Waals surface area contributed by atoms with Gasteiger partial charge >= 0.3 is 0 Å². The lowest BCUT2D eigenvalue weighted by atomic mass is 10.1. The molecule has 0 unspecified atom stereocenters. The highest BCUT2D eigenvalue weighted by molar-refractivity contribution is 6.04. The van der Waals surface area contributed by atoms with E-state index in [1.165, 1.54) is 0 Å². The number of nitrogens with one attached hydrogen (secondary N) is 1. The summed E-state index contributed by atoms with van der Waals surface area (Å²) in [6.45, 7) is 2.73. The van der Waals surface area contributed by atoms with E-state index in [9.17, 15) is 9.59 Å². The summed E-state index contributed by atoms with van der Waals surface area (Å²) in [6, 6.07) is 24.1. The molecule has 3 aromatic rings. The van der Waals surface area contributed by atoms with E-state index < -0.39 is 5.92 Å². The molecule has 0 saturated carbocycles. The lowest BCUT2D eigenvalue weighted by Gasteiger charge is -2.20. The topological polar surface area (TPSA) is 67.9 Å². The van der Waals surface area contributed by atoms with E-state index in [2.05, 4.69) is 5.32 Å². The fourth-order valence-corrected chi connectivity index (χ4v) is 3.55. The molecule has 1 aliphatic rings. The highest BCUT2D eigenvalue weighted by Crippen LogP contribution is 2.33. The van der Waals surface area contributed by atoms with Crippen molar-refractivity contribution >= 4 is 23.2 Å². The molecule has 4 rings (SSSR count). The van der Waals surface area contributed by atoms with Gasteiger partial charge in [0.1, 0.15) is 17.2 Å². The summed E-state index contributed by atoms with van der Waals surface area (Å²) in [6.07, 6.45) is 0.168. The Hall–Kier alpha value is -3.80. The molecule has 0 aliphatic carbocycles. The Morgan fingerprint density at radius 1 is 0.968 bits per heavy atom. The van der Waals surface area contributed by atoms with E-state index in [4.69, 9.17) is 9.47 Å². The number of benzene rings is 3. The van der Waals surface area contributed by atoms with E-state index in [0.717, 1.165) is 5.75 Å². The monoisotopic (exact) mass is 416 g/mol. The van der Waals surface area contributed by atoms with Crippen LogP contribution < -0.4 is 19.7 Å². The summed E-state index contributed by atoms with van der Waals surface area (Å²) in [5.74, 6) is 1.38. The number of amides is 2. The van der Waals surface area contributed by atoms with Gasteiger partial charge in [0.15, 0.2) is 0 Å². The number of rotatable bonds is 7. The fraction of sp³-hybridized carbons (Fsp3) is 0.200. The number of ether oxygens (including phenoxy) is 2. The van der Waals surface area contributed by atoms with Crippen LogP contribution in [0.25, 0.3) is 0 Å². The second kappa shape index (κ2) is 9.34. The summed E-state index contributed by atoms with van der Waals surface area (Å²) in [7, 11) is 0. The second-order valence-electron chi connectivity index (χ2n) is 7.23. The molecule has 3 aromatic carbocycles. The lowest BCUT2D eigenvalue weighted by molar-refractivity contribution is -0.122. The molecule has 158 valence electrons. The summed E-state index contributed by atoms with van der Waals surface area (Å²) < 4.78 is 11.4. The molecule has 6 heteroatoms. The van der Waals surface area contributed by atoms with Crippen molar-refractivity contribution in [1.82, 2.24) is 0 Å². The van der Waals surface area contributed by atoms with Crippen molar-refractivity contribution in [2.24, 2.45) is 5.92 Å². The third kappa shape index (κ3) is 4.86. The van der Waals surface area contributed by atoms with Crippen LogP contribution in [-0.4, -0.2) is 25.0 Å². The molecule has 1 saturated heterocycles. The molecule has 1 fully saturated rings. The van der Waals surface area contributed by atoms with Gasteiger partial charge in [0.2, 0.25) is 11.8 Å². The molecule has 1 heterocycles. The number of hydrogen-bond donors (Lipinski definition) is 1. The van der Waals surface area contributed by atoms with Gasteiger partial charge in [-0.15, -0.1) is 0 Å². The van der Waals surface area contributed by atoms with Gasteiger partial charge in [-0.05, 0) is 55.5 Å². The number of carbonyl (C=O) groups excluding carboxylic acids is 2. The van der Waals surface area contributed by atoms with Crippen molar-refractivity contribution in [2.75, 3.05) is 23.4 Å². The maximum absolute atomic E-state index is 12.8. The minimum absolute atomic E-state index is 0.0843. The van der Waals surface area contributed by atoms with Crippen LogP contribution in [0, 0.1) is 5.92 Å². The quantitative estimate of drug-likeness (QED) is 0.597. The first-order chi connectivity index (χ1) is 15.1. The summed E-state index contributed by atoms with van der Waals surface area (Å²) >= 11 is 0. The third-order valence-corrected chi connectivity index (χ3v) is 5.05. The normalized spacial score (nSPS) is 15.6. The highest BCUT2D eigenvalue weighted by atomic mass is 16.5. The average Bonchev–Trinajstić information content (AvgIpc) is 3.18. The Morgan fingerprint density at radius 2 is 1.65 bits per heavy atom. The van der Waals surface area contributed by atoms with Gasteiger partial charge in [-0.25, -0.2) is 0 Å². The number of para-hydroxylation sites is 3. The van der Waals surface area contributed by atoms with Crippen LogP contribution in [0.2, 0.25) is 0 Å². The number of anilines is 2. The Morgan fingerprint density at radius 3 is 2.39 bits per heavy atom. The highest BCUT2D eigenvalue weighted by Gasteiger charge is 2.36. The predicted octanol–water partition coefficient (Wildman–Crippen LogP) is 4.87. The van der Waals surface area contributed by atoms with E-state index in [-0.39, 0.29) is 18.2 Å². The zero-order valence-electron chi connectivity index (χ0n) is 17.3. The van der Waals surface area contributed by atoms with Crippen LogP contribution >= 0.6 is 0 Å². The molecule has 0 spiro atoms. The fourth-order valence-electron chi connectivity index (χ4n) is 3.55. The van der Waals surface area contributed by atoms with Crippen LogP contribution in [0.3, 0.4) is 0 Å². The second-order valence-corrected chi connectivity index (χ2v) is 7.23. The number of hydrogen-bond acceptors (Lipinski definition) is 4. The molecule has 0 bridgehead atoms. The molecule has 1 atom stereocenters. The lowest BCUT2D eigenvalue weighted by Crippen LogP contribution is -2.28. The molecule has 0 aromatic heterocycles. The maximum Gasteiger partial charge on any atom is 0.229 e. The molecule has 6 nitrogen and oxygen atoms in total. The molecule has 1 N–H and O–H groups in total. The molecule has 31 heavy (non-hydrogen) atoms. The van der Waals surface area contributed by atoms with E-state index in [1.807, 2.05) is 61.5 Å². The summed E-state index contributed by atoms with van der Waals surface area (Å²) in [5.41, 5.74) is 1.36. The van der Waals surface area contributed by atoms with Crippen molar-refractivity contribution in [1.29, 1.82) is 0 Å².